The number of sulfonamides is 1. The first-order chi connectivity index (χ1) is 8.59. The van der Waals surface area contributed by atoms with Crippen LogP contribution in [0.2, 0.25) is 0 Å². The molecule has 0 atom stereocenters. The SMILES string of the molecule is Cc1cc(F)ccc1NS(=O)(=O)CCCC(F)(F)F. The highest BCUT2D eigenvalue weighted by Gasteiger charge is 2.27. The number of hydrogen-bond acceptors (Lipinski definition) is 2. The Morgan fingerprint density at radius 3 is 2.42 bits per heavy atom. The zero-order valence-electron chi connectivity index (χ0n) is 10.1. The van der Waals surface area contributed by atoms with E-state index in [-0.39, 0.29) is 5.69 Å². The van der Waals surface area contributed by atoms with E-state index in [1.165, 1.54) is 13.0 Å². The van der Waals surface area contributed by atoms with Crippen LogP contribution in [0.3, 0.4) is 0 Å². The molecule has 0 aromatic heterocycles. The van der Waals surface area contributed by atoms with E-state index in [1.54, 1.807) is 0 Å². The topological polar surface area (TPSA) is 46.2 Å². The summed E-state index contributed by atoms with van der Waals surface area (Å²) in [6.07, 6.45) is -6.04. The van der Waals surface area contributed by atoms with Crippen LogP contribution in [0.15, 0.2) is 18.2 Å². The average molecular weight is 299 g/mol. The van der Waals surface area contributed by atoms with E-state index >= 15 is 0 Å². The zero-order valence-corrected chi connectivity index (χ0v) is 10.9. The molecule has 1 aromatic carbocycles. The van der Waals surface area contributed by atoms with Crippen molar-refractivity contribution in [3.05, 3.63) is 29.6 Å². The van der Waals surface area contributed by atoms with Crippen molar-refractivity contribution in [2.75, 3.05) is 10.5 Å². The second kappa shape index (κ2) is 5.77. The molecule has 0 radical (unpaired) electrons. The summed E-state index contributed by atoms with van der Waals surface area (Å²) in [5.41, 5.74) is 0.521. The van der Waals surface area contributed by atoms with Crippen molar-refractivity contribution in [2.24, 2.45) is 0 Å². The molecule has 1 N–H and O–H groups in total. The Hall–Kier alpha value is -1.31. The van der Waals surface area contributed by atoms with E-state index in [4.69, 9.17) is 0 Å². The molecule has 0 aliphatic carbocycles. The van der Waals surface area contributed by atoms with Crippen molar-refractivity contribution >= 4 is 15.7 Å². The highest BCUT2D eigenvalue weighted by Crippen LogP contribution is 2.22. The number of nitrogens with one attached hydrogen (secondary N) is 1. The molecule has 0 aliphatic heterocycles. The van der Waals surface area contributed by atoms with Crippen molar-refractivity contribution in [1.82, 2.24) is 0 Å². The van der Waals surface area contributed by atoms with Crippen molar-refractivity contribution in [3.8, 4) is 0 Å². The van der Waals surface area contributed by atoms with E-state index < -0.39 is 40.6 Å². The van der Waals surface area contributed by atoms with Gasteiger partial charge in [0.15, 0.2) is 0 Å². The number of benzene rings is 1. The Balaban J connectivity index is 2.64. The van der Waals surface area contributed by atoms with Crippen LogP contribution in [0.5, 0.6) is 0 Å². The molecule has 1 rings (SSSR count). The van der Waals surface area contributed by atoms with Crippen LogP contribution in [0.1, 0.15) is 18.4 Å². The normalized spacial score (nSPS) is 12.5. The minimum atomic E-state index is -4.37. The molecule has 0 bridgehead atoms. The van der Waals surface area contributed by atoms with Gasteiger partial charge in [0.25, 0.3) is 0 Å². The van der Waals surface area contributed by atoms with E-state index in [9.17, 15) is 26.0 Å². The minimum Gasteiger partial charge on any atom is -0.283 e. The predicted octanol–water partition coefficient (Wildman–Crippen LogP) is 3.22. The molecule has 8 heteroatoms. The minimum absolute atomic E-state index is 0.161. The van der Waals surface area contributed by atoms with Gasteiger partial charge in [0.1, 0.15) is 5.82 Å². The van der Waals surface area contributed by atoms with Gasteiger partial charge in [-0.1, -0.05) is 0 Å². The fourth-order valence-corrected chi connectivity index (χ4v) is 2.61. The summed E-state index contributed by atoms with van der Waals surface area (Å²) >= 11 is 0. The molecule has 3 nitrogen and oxygen atoms in total. The van der Waals surface area contributed by atoms with Crippen molar-refractivity contribution in [1.29, 1.82) is 0 Å². The molecule has 0 unspecified atom stereocenters. The Morgan fingerprint density at radius 1 is 1.26 bits per heavy atom. The lowest BCUT2D eigenvalue weighted by Crippen LogP contribution is -2.19. The quantitative estimate of drug-likeness (QED) is 0.849. The van der Waals surface area contributed by atoms with Crippen LogP contribution >= 0.6 is 0 Å². The van der Waals surface area contributed by atoms with E-state index in [1.807, 2.05) is 0 Å². The number of rotatable bonds is 5. The number of aryl methyl sites for hydroxylation is 1. The van der Waals surface area contributed by atoms with Gasteiger partial charge in [0.2, 0.25) is 10.0 Å². The highest BCUT2D eigenvalue weighted by molar-refractivity contribution is 7.92. The molecule has 0 heterocycles. The molecule has 0 spiro atoms. The molecular formula is C11H13F4NO2S. The molecule has 1 aromatic rings. The standard InChI is InChI=1S/C11H13F4NO2S/c1-8-7-9(12)3-4-10(8)16-19(17,18)6-2-5-11(13,14)15/h3-4,7,16H,2,5-6H2,1H3. The van der Waals surface area contributed by atoms with Gasteiger partial charge < -0.3 is 0 Å². The molecule has 0 saturated heterocycles. The van der Waals surface area contributed by atoms with Gasteiger partial charge in [-0.05, 0) is 37.1 Å². The van der Waals surface area contributed by atoms with Gasteiger partial charge in [0, 0.05) is 6.42 Å². The van der Waals surface area contributed by atoms with Crippen LogP contribution in [0.25, 0.3) is 0 Å². The Morgan fingerprint density at radius 2 is 1.89 bits per heavy atom. The summed E-state index contributed by atoms with van der Waals surface area (Å²) in [5.74, 6) is -1.15. The molecule has 0 fully saturated rings. The largest absolute Gasteiger partial charge is 0.389 e. The molecule has 0 amide bonds. The third-order valence-corrected chi connectivity index (χ3v) is 3.68. The lowest BCUT2D eigenvalue weighted by Gasteiger charge is -2.11. The zero-order chi connectivity index (χ0) is 14.7. The number of alkyl halides is 3. The Kier molecular flexibility index (Phi) is 4.78. The van der Waals surface area contributed by atoms with Crippen LogP contribution in [0.4, 0.5) is 23.2 Å². The van der Waals surface area contributed by atoms with Crippen molar-refractivity contribution in [2.45, 2.75) is 25.9 Å². The predicted molar refractivity (Wildman–Crippen MR) is 63.8 cm³/mol. The first kappa shape index (κ1) is 15.7. The van der Waals surface area contributed by atoms with Crippen LogP contribution in [-0.2, 0) is 10.0 Å². The Bertz CT molecular complexity index is 540. The van der Waals surface area contributed by atoms with Gasteiger partial charge in [-0.15, -0.1) is 0 Å². The summed E-state index contributed by atoms with van der Waals surface area (Å²) in [6.45, 7) is 1.50. The second-order valence-corrected chi connectivity index (χ2v) is 5.94. The molecule has 19 heavy (non-hydrogen) atoms. The van der Waals surface area contributed by atoms with Gasteiger partial charge in [-0.25, -0.2) is 12.8 Å². The maximum absolute atomic E-state index is 12.8. The fraction of sp³-hybridized carbons (Fsp3) is 0.455. The summed E-state index contributed by atoms with van der Waals surface area (Å²) in [5, 5.41) is 0. The highest BCUT2D eigenvalue weighted by atomic mass is 32.2. The lowest BCUT2D eigenvalue weighted by molar-refractivity contribution is -0.134. The van der Waals surface area contributed by atoms with Gasteiger partial charge in [-0.3, -0.25) is 4.72 Å². The molecular weight excluding hydrogens is 286 g/mol. The molecule has 108 valence electrons. The first-order valence-electron chi connectivity index (χ1n) is 5.42. The first-order valence-corrected chi connectivity index (χ1v) is 7.08. The van der Waals surface area contributed by atoms with E-state index in [2.05, 4.69) is 4.72 Å². The van der Waals surface area contributed by atoms with Gasteiger partial charge in [0.05, 0.1) is 11.4 Å². The maximum Gasteiger partial charge on any atom is 0.389 e. The summed E-state index contributed by atoms with van der Waals surface area (Å²) in [7, 11) is -3.86. The monoisotopic (exact) mass is 299 g/mol. The van der Waals surface area contributed by atoms with Crippen LogP contribution in [0, 0.1) is 12.7 Å². The van der Waals surface area contributed by atoms with Crippen molar-refractivity contribution in [3.63, 3.8) is 0 Å². The number of anilines is 1. The average Bonchev–Trinajstić information content (AvgIpc) is 2.20. The third kappa shape index (κ3) is 5.91. The fourth-order valence-electron chi connectivity index (χ4n) is 1.42. The lowest BCUT2D eigenvalue weighted by atomic mass is 10.2. The smallest absolute Gasteiger partial charge is 0.283 e. The van der Waals surface area contributed by atoms with Gasteiger partial charge >= 0.3 is 6.18 Å². The maximum atomic E-state index is 12.8. The van der Waals surface area contributed by atoms with Crippen molar-refractivity contribution < 1.29 is 26.0 Å². The van der Waals surface area contributed by atoms with Gasteiger partial charge in [-0.2, -0.15) is 13.2 Å². The van der Waals surface area contributed by atoms with Crippen LogP contribution < -0.4 is 4.72 Å². The summed E-state index contributed by atoms with van der Waals surface area (Å²) in [4.78, 5) is 0. The molecule has 0 saturated carbocycles. The number of hydrogen-bond donors (Lipinski definition) is 1. The van der Waals surface area contributed by atoms with E-state index in [0.29, 0.717) is 5.56 Å². The summed E-state index contributed by atoms with van der Waals surface area (Å²) < 4.78 is 73.8. The van der Waals surface area contributed by atoms with Crippen LogP contribution in [-0.4, -0.2) is 20.3 Å². The Labute approximate surface area is 108 Å². The molecule has 0 aliphatic rings. The summed E-state index contributed by atoms with van der Waals surface area (Å²) in [6, 6.07) is 3.43. The third-order valence-electron chi connectivity index (χ3n) is 2.33. The second-order valence-electron chi connectivity index (χ2n) is 4.10. The number of halogens is 4. The van der Waals surface area contributed by atoms with E-state index in [0.717, 1.165) is 12.1 Å².